The predicted octanol–water partition coefficient (Wildman–Crippen LogP) is 3.70. The van der Waals surface area contributed by atoms with Gasteiger partial charge in [0.2, 0.25) is 0 Å². The first-order chi connectivity index (χ1) is 8.34. The van der Waals surface area contributed by atoms with E-state index in [4.69, 9.17) is 0 Å². The van der Waals surface area contributed by atoms with E-state index >= 15 is 0 Å². The Labute approximate surface area is 99.1 Å². The Kier molecular flexibility index (Phi) is 1.55. The van der Waals surface area contributed by atoms with Crippen molar-refractivity contribution in [2.24, 2.45) is 0 Å². The van der Waals surface area contributed by atoms with Gasteiger partial charge in [0.25, 0.3) is 0 Å². The van der Waals surface area contributed by atoms with Crippen molar-refractivity contribution >= 4 is 22.6 Å². The van der Waals surface area contributed by atoms with Crippen molar-refractivity contribution in [1.29, 1.82) is 0 Å². The molecular formula is C16H10O. The van der Waals surface area contributed by atoms with Crippen LogP contribution in [0, 0.1) is 0 Å². The lowest BCUT2D eigenvalue weighted by atomic mass is 9.79. The van der Waals surface area contributed by atoms with Gasteiger partial charge in [-0.1, -0.05) is 48.6 Å². The Hall–Kier alpha value is -2.15. The molecule has 0 saturated heterocycles. The van der Waals surface area contributed by atoms with Crippen molar-refractivity contribution < 1.29 is 4.79 Å². The van der Waals surface area contributed by atoms with Crippen LogP contribution in [-0.2, 0) is 0 Å². The summed E-state index contributed by atoms with van der Waals surface area (Å²) in [5.74, 6) is 0.393. The van der Waals surface area contributed by atoms with Crippen molar-refractivity contribution in [2.75, 3.05) is 0 Å². The molecule has 2 aromatic carbocycles. The van der Waals surface area contributed by atoms with Crippen LogP contribution in [0.15, 0.2) is 48.6 Å². The van der Waals surface area contributed by atoms with Crippen LogP contribution >= 0.6 is 0 Å². The maximum Gasteiger partial charge on any atom is 0.185 e. The first-order valence-corrected chi connectivity index (χ1v) is 5.81. The van der Waals surface area contributed by atoms with Crippen LogP contribution in [0.25, 0.3) is 16.8 Å². The van der Waals surface area contributed by atoms with Gasteiger partial charge in [0, 0.05) is 11.5 Å². The molecule has 0 aromatic heterocycles. The minimum atomic E-state index is 0.128. The van der Waals surface area contributed by atoms with E-state index in [2.05, 4.69) is 30.4 Å². The summed E-state index contributed by atoms with van der Waals surface area (Å²) in [5.41, 5.74) is 3.27. The summed E-state index contributed by atoms with van der Waals surface area (Å²) in [6, 6.07) is 10.3. The summed E-state index contributed by atoms with van der Waals surface area (Å²) in [6.45, 7) is 0. The van der Waals surface area contributed by atoms with Crippen LogP contribution in [0.4, 0.5) is 0 Å². The number of carbonyl (C=O) groups excluding carboxylic acids is 1. The maximum absolute atomic E-state index is 11.9. The second kappa shape index (κ2) is 2.95. The highest BCUT2D eigenvalue weighted by Gasteiger charge is 2.24. The van der Waals surface area contributed by atoms with E-state index < -0.39 is 0 Å². The molecule has 0 heterocycles. The van der Waals surface area contributed by atoms with Crippen molar-refractivity contribution in [1.82, 2.24) is 0 Å². The van der Waals surface area contributed by atoms with E-state index in [0.29, 0.717) is 0 Å². The molecule has 1 unspecified atom stereocenters. The zero-order valence-corrected chi connectivity index (χ0v) is 9.18. The van der Waals surface area contributed by atoms with Crippen molar-refractivity contribution in [3.05, 3.63) is 65.3 Å². The summed E-state index contributed by atoms with van der Waals surface area (Å²) in [4.78, 5) is 11.9. The van der Waals surface area contributed by atoms with Crippen LogP contribution < -0.4 is 0 Å². The van der Waals surface area contributed by atoms with E-state index in [-0.39, 0.29) is 11.7 Å². The minimum absolute atomic E-state index is 0.128. The monoisotopic (exact) mass is 218 g/mol. The molecule has 0 aliphatic heterocycles. The van der Waals surface area contributed by atoms with Gasteiger partial charge in [-0.25, -0.2) is 0 Å². The first-order valence-electron chi connectivity index (χ1n) is 5.81. The Bertz CT molecular complexity index is 720. The van der Waals surface area contributed by atoms with Crippen molar-refractivity contribution in [3.8, 4) is 0 Å². The Morgan fingerprint density at radius 1 is 0.941 bits per heavy atom. The summed E-state index contributed by atoms with van der Waals surface area (Å²) < 4.78 is 0. The Balaban J connectivity index is 2.25. The fraction of sp³-hybridized carbons (Fsp3) is 0.0625. The molecule has 2 aliphatic rings. The zero-order chi connectivity index (χ0) is 11.4. The number of hydrogen-bond acceptors (Lipinski definition) is 1. The van der Waals surface area contributed by atoms with Crippen molar-refractivity contribution in [3.63, 3.8) is 0 Å². The molecular weight excluding hydrogens is 208 g/mol. The number of ketones is 1. The Morgan fingerprint density at radius 3 is 2.76 bits per heavy atom. The third-order valence-corrected chi connectivity index (χ3v) is 3.65. The van der Waals surface area contributed by atoms with Crippen LogP contribution in [0.1, 0.15) is 27.4 Å². The predicted molar refractivity (Wildman–Crippen MR) is 69.2 cm³/mol. The molecule has 0 bridgehead atoms. The second-order valence-electron chi connectivity index (χ2n) is 4.58. The molecule has 2 aliphatic carbocycles. The summed E-state index contributed by atoms with van der Waals surface area (Å²) in [6.07, 6.45) is 8.01. The quantitative estimate of drug-likeness (QED) is 0.659. The summed E-state index contributed by atoms with van der Waals surface area (Å²) in [7, 11) is 0. The number of hydrogen-bond donors (Lipinski definition) is 0. The van der Waals surface area contributed by atoms with E-state index in [1.54, 1.807) is 6.08 Å². The van der Waals surface area contributed by atoms with E-state index in [0.717, 1.165) is 5.56 Å². The molecule has 0 spiro atoms. The lowest BCUT2D eigenvalue weighted by Gasteiger charge is -2.24. The summed E-state index contributed by atoms with van der Waals surface area (Å²) in [5, 5.41) is 2.47. The number of carbonyl (C=O) groups is 1. The Morgan fingerprint density at radius 2 is 1.82 bits per heavy atom. The fourth-order valence-corrected chi connectivity index (χ4v) is 2.88. The highest BCUT2D eigenvalue weighted by molar-refractivity contribution is 6.12. The molecule has 1 atom stereocenters. The van der Waals surface area contributed by atoms with Gasteiger partial charge in [-0.3, -0.25) is 4.79 Å². The summed E-state index contributed by atoms with van der Waals surface area (Å²) >= 11 is 0. The highest BCUT2D eigenvalue weighted by Crippen LogP contribution is 2.39. The minimum Gasteiger partial charge on any atom is -0.289 e. The number of rotatable bonds is 0. The molecule has 0 radical (unpaired) electrons. The SMILES string of the molecule is O=C1C=CC2C=Cc3cccc4ccc1c2c34. The average molecular weight is 218 g/mol. The number of benzene rings is 2. The van der Waals surface area contributed by atoms with Crippen LogP contribution in [0.5, 0.6) is 0 Å². The highest BCUT2D eigenvalue weighted by atomic mass is 16.1. The van der Waals surface area contributed by atoms with Gasteiger partial charge in [-0.2, -0.15) is 0 Å². The molecule has 0 amide bonds. The third-order valence-electron chi connectivity index (χ3n) is 3.65. The lowest BCUT2D eigenvalue weighted by molar-refractivity contribution is 0.104. The molecule has 80 valence electrons. The molecule has 4 rings (SSSR count). The first kappa shape index (κ1) is 8.94. The maximum atomic E-state index is 11.9. The van der Waals surface area contributed by atoms with Gasteiger partial charge in [0.05, 0.1) is 0 Å². The second-order valence-corrected chi connectivity index (χ2v) is 4.58. The smallest absolute Gasteiger partial charge is 0.185 e. The van der Waals surface area contributed by atoms with Crippen LogP contribution in [-0.4, -0.2) is 5.78 Å². The largest absolute Gasteiger partial charge is 0.289 e. The van der Waals surface area contributed by atoms with Crippen molar-refractivity contribution in [2.45, 2.75) is 5.92 Å². The zero-order valence-electron chi connectivity index (χ0n) is 9.18. The lowest BCUT2D eigenvalue weighted by Crippen LogP contribution is -2.12. The van der Waals surface area contributed by atoms with Gasteiger partial charge < -0.3 is 0 Å². The average Bonchev–Trinajstić information content (AvgIpc) is 2.38. The molecule has 2 aromatic rings. The number of allylic oxidation sites excluding steroid dienone is 3. The van der Waals surface area contributed by atoms with Gasteiger partial charge in [-0.05, 0) is 28.0 Å². The molecule has 1 nitrogen and oxygen atoms in total. The molecule has 0 fully saturated rings. The van der Waals surface area contributed by atoms with E-state index in [1.807, 2.05) is 18.2 Å². The fourth-order valence-electron chi connectivity index (χ4n) is 2.88. The normalized spacial score (nSPS) is 20.0. The van der Waals surface area contributed by atoms with Crippen LogP contribution in [0.3, 0.4) is 0 Å². The van der Waals surface area contributed by atoms with Gasteiger partial charge in [-0.15, -0.1) is 0 Å². The topological polar surface area (TPSA) is 17.1 Å². The molecule has 17 heavy (non-hydrogen) atoms. The molecule has 1 heteroatoms. The van der Waals surface area contributed by atoms with Crippen LogP contribution in [0.2, 0.25) is 0 Å². The van der Waals surface area contributed by atoms with Gasteiger partial charge in [0.15, 0.2) is 5.78 Å². The third kappa shape index (κ3) is 1.06. The van der Waals surface area contributed by atoms with Gasteiger partial charge in [0.1, 0.15) is 0 Å². The van der Waals surface area contributed by atoms with Gasteiger partial charge >= 0.3 is 0 Å². The van der Waals surface area contributed by atoms with E-state index in [9.17, 15) is 4.79 Å². The standard InChI is InChI=1S/C16H10O/c17-14-9-7-12-5-4-10-2-1-3-11-6-8-13(14)16(12)15(10)11/h1-9,12H. The molecule has 0 N–H and O–H groups in total. The molecule has 0 saturated carbocycles. The van der Waals surface area contributed by atoms with E-state index in [1.165, 1.54) is 21.9 Å².